The molecule has 216 valence electrons. The number of piperidine rings is 1. The Morgan fingerprint density at radius 1 is 1.02 bits per heavy atom. The zero-order valence-corrected chi connectivity index (χ0v) is 23.5. The lowest BCUT2D eigenvalue weighted by atomic mass is 10.1. The molecule has 2 aliphatic heterocycles. The Labute approximate surface area is 243 Å². The van der Waals surface area contributed by atoms with Crippen LogP contribution in [0.5, 0.6) is 5.75 Å². The lowest BCUT2D eigenvalue weighted by molar-refractivity contribution is -0.127. The summed E-state index contributed by atoms with van der Waals surface area (Å²) >= 11 is 0. The zero-order valence-electron chi connectivity index (χ0n) is 23.5. The van der Waals surface area contributed by atoms with Crippen molar-refractivity contribution in [2.45, 2.75) is 25.9 Å². The molecule has 0 spiro atoms. The fourth-order valence-electron chi connectivity index (χ4n) is 5.28. The van der Waals surface area contributed by atoms with Crippen LogP contribution in [0.25, 0.3) is 22.3 Å². The summed E-state index contributed by atoms with van der Waals surface area (Å²) in [4.78, 5) is 45.7. The predicted octanol–water partition coefficient (Wildman–Crippen LogP) is 4.05. The van der Waals surface area contributed by atoms with Crippen molar-refractivity contribution in [1.29, 1.82) is 0 Å². The Morgan fingerprint density at radius 2 is 1.81 bits per heavy atom. The standard InChI is InChI=1S/C31H33N7O4/c1-2-3-28(39)37-12-9-23(10-13-37)42-24-8-11-32-27(18-24)31(40)35-22-6-4-21(5-7-22)26-19-25-29(36-26)33-20-34-30(25)38-14-16-41-17-15-38/h2-8,11,18-20,23H,9-10,12-17H2,1H3,(H,35,40)(H,33,34,36)/b3-2+. The molecule has 2 aliphatic rings. The van der Waals surface area contributed by atoms with Crippen LogP contribution >= 0.6 is 0 Å². The van der Waals surface area contributed by atoms with Crippen molar-refractivity contribution in [2.75, 3.05) is 49.6 Å². The van der Waals surface area contributed by atoms with Crippen molar-refractivity contribution in [1.82, 2.24) is 24.8 Å². The van der Waals surface area contributed by atoms with Crippen LogP contribution in [0, 0.1) is 0 Å². The third-order valence-corrected chi connectivity index (χ3v) is 7.50. The number of fused-ring (bicyclic) bond motifs is 1. The van der Waals surface area contributed by atoms with E-state index < -0.39 is 0 Å². The van der Waals surface area contributed by atoms with E-state index in [9.17, 15) is 9.59 Å². The number of benzene rings is 1. The predicted molar refractivity (Wildman–Crippen MR) is 160 cm³/mol. The molecule has 42 heavy (non-hydrogen) atoms. The van der Waals surface area contributed by atoms with Crippen LogP contribution < -0.4 is 15.0 Å². The second kappa shape index (κ2) is 12.4. The van der Waals surface area contributed by atoms with Gasteiger partial charge in [-0.25, -0.2) is 9.97 Å². The number of nitrogens with zero attached hydrogens (tertiary/aromatic N) is 5. The van der Waals surface area contributed by atoms with E-state index in [4.69, 9.17) is 9.47 Å². The van der Waals surface area contributed by atoms with E-state index in [1.54, 1.807) is 36.8 Å². The number of likely N-dealkylation sites (tertiary alicyclic amines) is 1. The van der Waals surface area contributed by atoms with Gasteiger partial charge in [-0.05, 0) is 42.8 Å². The Hall–Kier alpha value is -4.77. The number of nitrogens with one attached hydrogen (secondary N) is 2. The minimum atomic E-state index is -0.323. The molecule has 2 saturated heterocycles. The summed E-state index contributed by atoms with van der Waals surface area (Å²) in [5.74, 6) is 1.19. The lowest BCUT2D eigenvalue weighted by Crippen LogP contribution is -2.41. The Morgan fingerprint density at radius 3 is 2.57 bits per heavy atom. The third kappa shape index (κ3) is 6.10. The van der Waals surface area contributed by atoms with Gasteiger partial charge in [-0.15, -0.1) is 0 Å². The Balaban J connectivity index is 1.08. The van der Waals surface area contributed by atoms with Gasteiger partial charge in [0.2, 0.25) is 5.91 Å². The number of aromatic amines is 1. The number of anilines is 2. The summed E-state index contributed by atoms with van der Waals surface area (Å²) in [6.45, 7) is 6.08. The molecule has 2 fully saturated rings. The van der Waals surface area contributed by atoms with E-state index >= 15 is 0 Å². The van der Waals surface area contributed by atoms with Crippen LogP contribution in [0.4, 0.5) is 11.5 Å². The van der Waals surface area contributed by atoms with E-state index in [0.717, 1.165) is 54.0 Å². The molecule has 2 N–H and O–H groups in total. The molecule has 0 saturated carbocycles. The van der Waals surface area contributed by atoms with E-state index in [2.05, 4.69) is 36.2 Å². The van der Waals surface area contributed by atoms with Gasteiger partial charge in [0.1, 0.15) is 35.3 Å². The van der Waals surface area contributed by atoms with Gasteiger partial charge in [-0.1, -0.05) is 18.2 Å². The fourth-order valence-corrected chi connectivity index (χ4v) is 5.28. The number of rotatable bonds is 7. The van der Waals surface area contributed by atoms with Crippen LogP contribution in [0.3, 0.4) is 0 Å². The quantitative estimate of drug-likeness (QED) is 0.321. The molecule has 0 bridgehead atoms. The monoisotopic (exact) mass is 567 g/mol. The molecule has 0 atom stereocenters. The molecule has 2 amide bonds. The molecular formula is C31H33N7O4. The third-order valence-electron chi connectivity index (χ3n) is 7.50. The fraction of sp³-hybridized carbons (Fsp3) is 0.323. The molecule has 5 heterocycles. The molecule has 4 aromatic rings. The van der Waals surface area contributed by atoms with E-state index in [-0.39, 0.29) is 23.6 Å². The highest BCUT2D eigenvalue weighted by Crippen LogP contribution is 2.30. The summed E-state index contributed by atoms with van der Waals surface area (Å²) in [5, 5.41) is 3.88. The number of hydrogen-bond acceptors (Lipinski definition) is 8. The smallest absolute Gasteiger partial charge is 0.274 e. The van der Waals surface area contributed by atoms with Crippen LogP contribution in [0.1, 0.15) is 30.3 Å². The molecule has 11 heteroatoms. The van der Waals surface area contributed by atoms with Gasteiger partial charge in [0.25, 0.3) is 5.91 Å². The normalized spacial score (nSPS) is 16.2. The average molecular weight is 568 g/mol. The second-order valence-corrected chi connectivity index (χ2v) is 10.3. The second-order valence-electron chi connectivity index (χ2n) is 10.3. The summed E-state index contributed by atoms with van der Waals surface area (Å²) in [6, 6.07) is 13.1. The average Bonchev–Trinajstić information content (AvgIpc) is 3.47. The molecule has 11 nitrogen and oxygen atoms in total. The first-order chi connectivity index (χ1) is 20.6. The number of carbonyl (C=O) groups is 2. The maximum atomic E-state index is 13.0. The SMILES string of the molecule is C/C=C/C(=O)N1CCC(Oc2ccnc(C(=O)Nc3ccc(-c4cc5c(N6CCOCC6)ncnc5[nH]4)cc3)c2)CC1. The maximum Gasteiger partial charge on any atom is 0.274 e. The zero-order chi connectivity index (χ0) is 28.9. The van der Waals surface area contributed by atoms with Crippen LogP contribution in [0.2, 0.25) is 0 Å². The van der Waals surface area contributed by atoms with Crippen molar-refractivity contribution in [3.05, 3.63) is 72.8 Å². The van der Waals surface area contributed by atoms with Crippen LogP contribution in [0.15, 0.2) is 67.1 Å². The van der Waals surface area contributed by atoms with Crippen molar-refractivity contribution >= 4 is 34.4 Å². The molecule has 6 rings (SSSR count). The summed E-state index contributed by atoms with van der Waals surface area (Å²) < 4.78 is 11.6. The number of aromatic nitrogens is 4. The van der Waals surface area contributed by atoms with E-state index in [1.807, 2.05) is 36.1 Å². The van der Waals surface area contributed by atoms with Gasteiger partial charge >= 0.3 is 0 Å². The summed E-state index contributed by atoms with van der Waals surface area (Å²) in [6.07, 6.45) is 7.94. The van der Waals surface area contributed by atoms with Gasteiger partial charge < -0.3 is 29.6 Å². The first-order valence-corrected chi connectivity index (χ1v) is 14.2. The first kappa shape index (κ1) is 27.4. The van der Waals surface area contributed by atoms with Crippen LogP contribution in [-0.2, 0) is 9.53 Å². The summed E-state index contributed by atoms with van der Waals surface area (Å²) in [5.41, 5.74) is 3.58. The van der Waals surface area contributed by atoms with Gasteiger partial charge in [-0.3, -0.25) is 14.6 Å². The Bertz CT molecular complexity index is 1590. The number of allylic oxidation sites excluding steroid dienone is 1. The molecular weight excluding hydrogens is 534 g/mol. The maximum absolute atomic E-state index is 13.0. The van der Waals surface area contributed by atoms with Gasteiger partial charge in [-0.2, -0.15) is 0 Å². The molecule has 0 radical (unpaired) electrons. The highest BCUT2D eigenvalue weighted by Gasteiger charge is 2.23. The highest BCUT2D eigenvalue weighted by molar-refractivity contribution is 6.03. The largest absolute Gasteiger partial charge is 0.490 e. The van der Waals surface area contributed by atoms with E-state index in [1.165, 1.54) is 0 Å². The minimum Gasteiger partial charge on any atom is -0.490 e. The number of amides is 2. The van der Waals surface area contributed by atoms with Gasteiger partial charge in [0, 0.05) is 62.7 Å². The number of H-pyrrole nitrogens is 1. The van der Waals surface area contributed by atoms with Gasteiger partial charge in [0.15, 0.2) is 0 Å². The molecule has 0 aliphatic carbocycles. The lowest BCUT2D eigenvalue weighted by Gasteiger charge is -2.31. The minimum absolute atomic E-state index is 0.0221. The number of pyridine rings is 1. The van der Waals surface area contributed by atoms with Crippen LogP contribution in [-0.4, -0.2) is 82.1 Å². The highest BCUT2D eigenvalue weighted by atomic mass is 16.5. The topological polar surface area (TPSA) is 126 Å². The Kier molecular flexibility index (Phi) is 8.09. The van der Waals surface area contributed by atoms with Crippen molar-refractivity contribution in [3.8, 4) is 17.0 Å². The molecule has 0 unspecified atom stereocenters. The first-order valence-electron chi connectivity index (χ1n) is 14.2. The van der Waals surface area contributed by atoms with Crippen molar-refractivity contribution < 1.29 is 19.1 Å². The molecule has 1 aromatic carbocycles. The van der Waals surface area contributed by atoms with Crippen molar-refractivity contribution in [2.24, 2.45) is 0 Å². The van der Waals surface area contributed by atoms with Crippen molar-refractivity contribution in [3.63, 3.8) is 0 Å². The number of carbonyl (C=O) groups excluding carboxylic acids is 2. The number of morpholine rings is 1. The summed E-state index contributed by atoms with van der Waals surface area (Å²) in [7, 11) is 0. The molecule has 3 aromatic heterocycles. The van der Waals surface area contributed by atoms with Gasteiger partial charge in [0.05, 0.1) is 18.6 Å². The number of hydrogen-bond donors (Lipinski definition) is 2. The number of ether oxygens (including phenoxy) is 2. The van der Waals surface area contributed by atoms with E-state index in [0.29, 0.717) is 37.7 Å².